The van der Waals surface area contributed by atoms with Gasteiger partial charge in [-0.2, -0.15) is 0 Å². The Labute approximate surface area is 93.9 Å². The van der Waals surface area contributed by atoms with Gasteiger partial charge in [0.2, 0.25) is 0 Å². The van der Waals surface area contributed by atoms with Gasteiger partial charge < -0.3 is 5.73 Å². The van der Waals surface area contributed by atoms with Crippen LogP contribution >= 0.6 is 22.6 Å². The summed E-state index contributed by atoms with van der Waals surface area (Å²) in [6, 6.07) is 6.67. The fourth-order valence-electron chi connectivity index (χ4n) is 1.41. The summed E-state index contributed by atoms with van der Waals surface area (Å²) in [7, 11) is 0. The summed E-state index contributed by atoms with van der Waals surface area (Å²) in [6.45, 7) is 4.28. The molecule has 1 atom stereocenters. The van der Waals surface area contributed by atoms with Gasteiger partial charge in [-0.3, -0.25) is 0 Å². The number of benzene rings is 1. The van der Waals surface area contributed by atoms with Gasteiger partial charge in [0.15, 0.2) is 0 Å². The number of aryl methyl sites for hydroxylation is 1. The Morgan fingerprint density at radius 1 is 1.46 bits per heavy atom. The highest BCUT2D eigenvalue weighted by atomic mass is 127. The third-order valence-electron chi connectivity index (χ3n) is 2.15. The van der Waals surface area contributed by atoms with Crippen LogP contribution in [0.3, 0.4) is 0 Å². The second kappa shape index (κ2) is 4.96. The molecule has 0 unspecified atom stereocenters. The molecule has 0 radical (unpaired) electrons. The van der Waals surface area contributed by atoms with E-state index in [1.807, 2.05) is 0 Å². The molecular weight excluding hydrogens is 273 g/mol. The Morgan fingerprint density at radius 2 is 2.15 bits per heavy atom. The lowest BCUT2D eigenvalue weighted by atomic mass is 10.0. The van der Waals surface area contributed by atoms with Gasteiger partial charge in [-0.25, -0.2) is 0 Å². The number of halogens is 1. The van der Waals surface area contributed by atoms with Crippen molar-refractivity contribution in [1.82, 2.24) is 0 Å². The molecule has 2 heteroatoms. The fraction of sp³-hybridized carbons (Fsp3) is 0.455. The predicted molar refractivity (Wildman–Crippen MR) is 65.7 cm³/mol. The van der Waals surface area contributed by atoms with Gasteiger partial charge >= 0.3 is 0 Å². The molecule has 2 N–H and O–H groups in total. The third kappa shape index (κ3) is 2.95. The second-order valence-electron chi connectivity index (χ2n) is 3.42. The standard InChI is InChI=1S/C11H16IN/c1-3-4-11(13)9-7-8(2)5-6-10(9)12/h5-7,11H,3-4,13H2,1-2H3/t11-/m1/s1. The number of rotatable bonds is 3. The molecule has 0 spiro atoms. The largest absolute Gasteiger partial charge is 0.324 e. The van der Waals surface area contributed by atoms with E-state index in [4.69, 9.17) is 5.73 Å². The molecule has 0 amide bonds. The molecule has 1 rings (SSSR count). The highest BCUT2D eigenvalue weighted by Crippen LogP contribution is 2.22. The van der Waals surface area contributed by atoms with E-state index in [-0.39, 0.29) is 6.04 Å². The quantitative estimate of drug-likeness (QED) is 0.848. The molecule has 0 bridgehead atoms. The highest BCUT2D eigenvalue weighted by molar-refractivity contribution is 14.1. The van der Waals surface area contributed by atoms with E-state index in [2.05, 4.69) is 54.6 Å². The Morgan fingerprint density at radius 3 is 2.77 bits per heavy atom. The molecule has 72 valence electrons. The highest BCUT2D eigenvalue weighted by Gasteiger charge is 2.08. The normalized spacial score (nSPS) is 12.9. The van der Waals surface area contributed by atoms with Gasteiger partial charge in [0.1, 0.15) is 0 Å². The van der Waals surface area contributed by atoms with Crippen LogP contribution in [0.1, 0.15) is 36.9 Å². The van der Waals surface area contributed by atoms with E-state index in [1.165, 1.54) is 14.7 Å². The first-order valence-corrected chi connectivity index (χ1v) is 5.74. The molecule has 1 nitrogen and oxygen atoms in total. The van der Waals surface area contributed by atoms with Gasteiger partial charge in [-0.05, 0) is 47.6 Å². The summed E-state index contributed by atoms with van der Waals surface area (Å²) in [4.78, 5) is 0. The molecule has 0 aromatic heterocycles. The molecule has 1 aromatic carbocycles. The molecule has 0 aliphatic carbocycles. The van der Waals surface area contributed by atoms with Crippen molar-refractivity contribution in [2.24, 2.45) is 5.73 Å². The van der Waals surface area contributed by atoms with E-state index in [0.29, 0.717) is 0 Å². The summed E-state index contributed by atoms with van der Waals surface area (Å²) < 4.78 is 1.28. The fourth-order valence-corrected chi connectivity index (χ4v) is 2.15. The Hall–Kier alpha value is -0.0900. The molecule has 0 aliphatic heterocycles. The Bertz CT molecular complexity index is 283. The maximum absolute atomic E-state index is 6.07. The van der Waals surface area contributed by atoms with Crippen molar-refractivity contribution in [3.8, 4) is 0 Å². The Kier molecular flexibility index (Phi) is 4.19. The zero-order valence-electron chi connectivity index (χ0n) is 8.18. The lowest BCUT2D eigenvalue weighted by molar-refractivity contribution is 0.635. The summed E-state index contributed by atoms with van der Waals surface area (Å²) >= 11 is 2.35. The van der Waals surface area contributed by atoms with Crippen LogP contribution in [0.4, 0.5) is 0 Å². The minimum absolute atomic E-state index is 0.205. The Balaban J connectivity index is 2.91. The zero-order chi connectivity index (χ0) is 9.84. The zero-order valence-corrected chi connectivity index (χ0v) is 10.3. The van der Waals surface area contributed by atoms with Gasteiger partial charge in [0, 0.05) is 9.61 Å². The van der Waals surface area contributed by atoms with E-state index >= 15 is 0 Å². The second-order valence-corrected chi connectivity index (χ2v) is 4.58. The van der Waals surface area contributed by atoms with Crippen LogP contribution in [0.5, 0.6) is 0 Å². The molecule has 0 heterocycles. The van der Waals surface area contributed by atoms with E-state index in [0.717, 1.165) is 12.8 Å². The molecule has 0 aliphatic rings. The smallest absolute Gasteiger partial charge is 0.0305 e. The maximum Gasteiger partial charge on any atom is 0.0305 e. The van der Waals surface area contributed by atoms with Crippen molar-refractivity contribution < 1.29 is 0 Å². The predicted octanol–water partition coefficient (Wildman–Crippen LogP) is 3.40. The van der Waals surface area contributed by atoms with Gasteiger partial charge in [0.25, 0.3) is 0 Å². The van der Waals surface area contributed by atoms with E-state index in [1.54, 1.807) is 0 Å². The van der Waals surface area contributed by atoms with Crippen LogP contribution in [-0.4, -0.2) is 0 Å². The van der Waals surface area contributed by atoms with Crippen molar-refractivity contribution in [2.75, 3.05) is 0 Å². The monoisotopic (exact) mass is 289 g/mol. The average molecular weight is 289 g/mol. The van der Waals surface area contributed by atoms with Crippen molar-refractivity contribution in [3.63, 3.8) is 0 Å². The van der Waals surface area contributed by atoms with E-state index < -0.39 is 0 Å². The van der Waals surface area contributed by atoms with Gasteiger partial charge in [-0.1, -0.05) is 31.0 Å². The lowest BCUT2D eigenvalue weighted by Crippen LogP contribution is -2.11. The third-order valence-corrected chi connectivity index (χ3v) is 3.13. The number of hydrogen-bond donors (Lipinski definition) is 1. The molecule has 1 aromatic rings. The summed E-state index contributed by atoms with van der Waals surface area (Å²) in [5.74, 6) is 0. The van der Waals surface area contributed by atoms with Crippen LogP contribution in [0.25, 0.3) is 0 Å². The topological polar surface area (TPSA) is 26.0 Å². The SMILES string of the molecule is CCC[C@@H](N)c1cc(C)ccc1I. The average Bonchev–Trinajstić information content (AvgIpc) is 2.09. The number of hydrogen-bond acceptors (Lipinski definition) is 1. The van der Waals surface area contributed by atoms with Crippen molar-refractivity contribution in [2.45, 2.75) is 32.7 Å². The lowest BCUT2D eigenvalue weighted by Gasteiger charge is -2.13. The van der Waals surface area contributed by atoms with Crippen LogP contribution in [0.15, 0.2) is 18.2 Å². The van der Waals surface area contributed by atoms with Crippen molar-refractivity contribution in [3.05, 3.63) is 32.9 Å². The minimum Gasteiger partial charge on any atom is -0.324 e. The van der Waals surface area contributed by atoms with Crippen molar-refractivity contribution in [1.29, 1.82) is 0 Å². The van der Waals surface area contributed by atoms with Crippen LogP contribution in [0, 0.1) is 10.5 Å². The van der Waals surface area contributed by atoms with Crippen LogP contribution in [-0.2, 0) is 0 Å². The first-order chi connectivity index (χ1) is 6.15. The summed E-state index contributed by atoms with van der Waals surface area (Å²) in [5, 5.41) is 0. The number of nitrogens with two attached hydrogens (primary N) is 1. The van der Waals surface area contributed by atoms with Crippen LogP contribution < -0.4 is 5.73 Å². The van der Waals surface area contributed by atoms with Gasteiger partial charge in [-0.15, -0.1) is 0 Å². The first kappa shape index (κ1) is 11.0. The summed E-state index contributed by atoms with van der Waals surface area (Å²) in [5.41, 5.74) is 8.66. The minimum atomic E-state index is 0.205. The van der Waals surface area contributed by atoms with Crippen LogP contribution in [0.2, 0.25) is 0 Å². The van der Waals surface area contributed by atoms with E-state index in [9.17, 15) is 0 Å². The molecule has 13 heavy (non-hydrogen) atoms. The maximum atomic E-state index is 6.07. The summed E-state index contributed by atoms with van der Waals surface area (Å²) in [6.07, 6.45) is 2.21. The van der Waals surface area contributed by atoms with Crippen molar-refractivity contribution >= 4 is 22.6 Å². The molecular formula is C11H16IN. The molecule has 0 fully saturated rings. The van der Waals surface area contributed by atoms with Gasteiger partial charge in [0.05, 0.1) is 0 Å². The molecule has 0 saturated heterocycles. The molecule has 0 saturated carbocycles. The first-order valence-electron chi connectivity index (χ1n) is 4.66.